The largest absolute Gasteiger partial charge is 0.497 e. The molecule has 0 saturated carbocycles. The van der Waals surface area contributed by atoms with Crippen LogP contribution in [0, 0.1) is 0 Å². The molecule has 1 aromatic carbocycles. The molecule has 1 amide bonds. The van der Waals surface area contributed by atoms with Crippen molar-refractivity contribution in [3.8, 4) is 5.75 Å². The van der Waals surface area contributed by atoms with Crippen molar-refractivity contribution in [2.24, 2.45) is 0 Å². The van der Waals surface area contributed by atoms with E-state index in [0.717, 1.165) is 0 Å². The van der Waals surface area contributed by atoms with E-state index in [4.69, 9.17) is 4.74 Å². The molecule has 0 spiro atoms. The van der Waals surface area contributed by atoms with Crippen LogP contribution in [-0.4, -0.2) is 34.2 Å². The van der Waals surface area contributed by atoms with E-state index in [0.29, 0.717) is 5.75 Å². The SMILES string of the molecule is CNC(=O)CS(=O)(=O)c1cccc(OC)c1. The molecule has 1 rings (SSSR count). The molecule has 0 fully saturated rings. The molecule has 6 heteroatoms. The minimum atomic E-state index is -3.60. The van der Waals surface area contributed by atoms with Gasteiger partial charge in [-0.3, -0.25) is 4.79 Å². The van der Waals surface area contributed by atoms with Crippen molar-refractivity contribution in [1.82, 2.24) is 5.32 Å². The lowest BCUT2D eigenvalue weighted by Gasteiger charge is -2.05. The molecule has 0 aromatic heterocycles. The van der Waals surface area contributed by atoms with Gasteiger partial charge in [-0.15, -0.1) is 0 Å². The maximum atomic E-state index is 11.8. The van der Waals surface area contributed by atoms with Crippen LogP contribution >= 0.6 is 0 Å². The minimum Gasteiger partial charge on any atom is -0.497 e. The highest BCUT2D eigenvalue weighted by atomic mass is 32.2. The van der Waals surface area contributed by atoms with Gasteiger partial charge in [-0.2, -0.15) is 0 Å². The minimum absolute atomic E-state index is 0.0791. The standard InChI is InChI=1S/C10H13NO4S/c1-11-10(12)7-16(13,14)9-5-3-4-8(6-9)15-2/h3-6H,7H2,1-2H3,(H,11,12). The Bertz CT molecular complexity index is 481. The van der Waals surface area contributed by atoms with E-state index in [1.807, 2.05) is 0 Å². The van der Waals surface area contributed by atoms with Crippen LogP contribution in [0.4, 0.5) is 0 Å². The van der Waals surface area contributed by atoms with Gasteiger partial charge in [-0.1, -0.05) is 6.07 Å². The summed E-state index contributed by atoms with van der Waals surface area (Å²) in [5, 5.41) is 2.27. The van der Waals surface area contributed by atoms with E-state index in [2.05, 4.69) is 5.32 Å². The number of benzene rings is 1. The van der Waals surface area contributed by atoms with Crippen molar-refractivity contribution >= 4 is 15.7 Å². The number of hydrogen-bond acceptors (Lipinski definition) is 4. The Labute approximate surface area is 94.3 Å². The van der Waals surface area contributed by atoms with Crippen LogP contribution in [0.5, 0.6) is 5.75 Å². The van der Waals surface area contributed by atoms with Crippen LogP contribution in [0.3, 0.4) is 0 Å². The van der Waals surface area contributed by atoms with E-state index in [1.165, 1.54) is 26.3 Å². The van der Waals surface area contributed by atoms with E-state index in [1.54, 1.807) is 12.1 Å². The normalized spacial score (nSPS) is 10.9. The highest BCUT2D eigenvalue weighted by Crippen LogP contribution is 2.17. The predicted molar refractivity (Wildman–Crippen MR) is 59.1 cm³/mol. The Balaban J connectivity index is 3.02. The molecular weight excluding hydrogens is 230 g/mol. The highest BCUT2D eigenvalue weighted by Gasteiger charge is 2.18. The molecule has 0 radical (unpaired) electrons. The number of hydrogen-bond donors (Lipinski definition) is 1. The first-order valence-electron chi connectivity index (χ1n) is 4.57. The van der Waals surface area contributed by atoms with Gasteiger partial charge in [0.25, 0.3) is 0 Å². The van der Waals surface area contributed by atoms with E-state index in [9.17, 15) is 13.2 Å². The summed E-state index contributed by atoms with van der Waals surface area (Å²) in [5.74, 6) is -0.655. The maximum absolute atomic E-state index is 11.8. The third-order valence-corrected chi connectivity index (χ3v) is 3.61. The van der Waals surface area contributed by atoms with Gasteiger partial charge in [-0.25, -0.2) is 8.42 Å². The number of carbonyl (C=O) groups excluding carboxylic acids is 1. The van der Waals surface area contributed by atoms with Gasteiger partial charge in [0.15, 0.2) is 9.84 Å². The fourth-order valence-corrected chi connectivity index (χ4v) is 2.36. The molecular formula is C10H13NO4S. The van der Waals surface area contributed by atoms with Crippen molar-refractivity contribution in [3.05, 3.63) is 24.3 Å². The Morgan fingerprint density at radius 1 is 1.44 bits per heavy atom. The van der Waals surface area contributed by atoms with Gasteiger partial charge in [-0.05, 0) is 18.2 Å². The third kappa shape index (κ3) is 2.96. The summed E-state index contributed by atoms with van der Waals surface area (Å²) in [4.78, 5) is 11.1. The number of carbonyl (C=O) groups is 1. The van der Waals surface area contributed by atoms with Crippen LogP contribution < -0.4 is 10.1 Å². The topological polar surface area (TPSA) is 72.5 Å². The first-order chi connectivity index (χ1) is 7.49. The van der Waals surface area contributed by atoms with Crippen molar-refractivity contribution < 1.29 is 17.9 Å². The molecule has 0 heterocycles. The van der Waals surface area contributed by atoms with Crippen LogP contribution in [0.25, 0.3) is 0 Å². The van der Waals surface area contributed by atoms with Gasteiger partial charge >= 0.3 is 0 Å². The van der Waals surface area contributed by atoms with Crippen molar-refractivity contribution in [3.63, 3.8) is 0 Å². The fraction of sp³-hybridized carbons (Fsp3) is 0.300. The molecule has 0 aliphatic rings. The summed E-state index contributed by atoms with van der Waals surface area (Å²) in [6, 6.07) is 6.02. The highest BCUT2D eigenvalue weighted by molar-refractivity contribution is 7.92. The number of methoxy groups -OCH3 is 1. The monoisotopic (exact) mass is 243 g/mol. The van der Waals surface area contributed by atoms with Gasteiger partial charge < -0.3 is 10.1 Å². The first-order valence-corrected chi connectivity index (χ1v) is 6.22. The third-order valence-electron chi connectivity index (χ3n) is 2.00. The van der Waals surface area contributed by atoms with E-state index in [-0.39, 0.29) is 4.90 Å². The van der Waals surface area contributed by atoms with E-state index < -0.39 is 21.5 Å². The Hall–Kier alpha value is -1.56. The average Bonchev–Trinajstić information content (AvgIpc) is 2.28. The molecule has 0 atom stereocenters. The predicted octanol–water partition coefficient (Wildman–Crippen LogP) is 0.215. The molecule has 5 nitrogen and oxygen atoms in total. The number of ether oxygens (including phenoxy) is 1. The lowest BCUT2D eigenvalue weighted by atomic mass is 10.3. The molecule has 0 bridgehead atoms. The zero-order valence-electron chi connectivity index (χ0n) is 9.06. The molecule has 1 aromatic rings. The Kier molecular flexibility index (Phi) is 3.89. The molecule has 0 aliphatic heterocycles. The average molecular weight is 243 g/mol. The number of nitrogens with one attached hydrogen (secondary N) is 1. The van der Waals surface area contributed by atoms with Crippen molar-refractivity contribution in [1.29, 1.82) is 0 Å². The summed E-state index contributed by atoms with van der Waals surface area (Å²) in [6.45, 7) is 0. The molecule has 0 saturated heterocycles. The molecule has 88 valence electrons. The summed E-state index contributed by atoms with van der Waals surface area (Å²) >= 11 is 0. The van der Waals surface area contributed by atoms with Crippen LogP contribution in [0.1, 0.15) is 0 Å². The lowest BCUT2D eigenvalue weighted by molar-refractivity contribution is -0.118. The van der Waals surface area contributed by atoms with E-state index >= 15 is 0 Å². The Morgan fingerprint density at radius 3 is 2.69 bits per heavy atom. The quantitative estimate of drug-likeness (QED) is 0.820. The summed E-state index contributed by atoms with van der Waals surface area (Å²) < 4.78 is 28.4. The lowest BCUT2D eigenvalue weighted by Crippen LogP contribution is -2.26. The second kappa shape index (κ2) is 4.98. The summed E-state index contributed by atoms with van der Waals surface area (Å²) in [6.07, 6.45) is 0. The van der Waals surface area contributed by atoms with Gasteiger partial charge in [0, 0.05) is 7.05 Å². The number of sulfone groups is 1. The van der Waals surface area contributed by atoms with Crippen LogP contribution in [-0.2, 0) is 14.6 Å². The fourth-order valence-electron chi connectivity index (χ4n) is 1.12. The second-order valence-corrected chi connectivity index (χ2v) is 5.10. The summed E-state index contributed by atoms with van der Waals surface area (Å²) in [5.41, 5.74) is 0. The molecule has 0 aliphatic carbocycles. The second-order valence-electron chi connectivity index (χ2n) is 3.11. The Morgan fingerprint density at radius 2 is 2.12 bits per heavy atom. The van der Waals surface area contributed by atoms with Crippen LogP contribution in [0.15, 0.2) is 29.2 Å². The van der Waals surface area contributed by atoms with Crippen molar-refractivity contribution in [2.75, 3.05) is 19.9 Å². The molecule has 0 unspecified atom stereocenters. The summed E-state index contributed by atoms with van der Waals surface area (Å²) in [7, 11) is -0.755. The number of amides is 1. The maximum Gasteiger partial charge on any atom is 0.235 e. The molecule has 16 heavy (non-hydrogen) atoms. The first kappa shape index (κ1) is 12.5. The van der Waals surface area contributed by atoms with Gasteiger partial charge in [0.05, 0.1) is 12.0 Å². The zero-order valence-corrected chi connectivity index (χ0v) is 9.87. The van der Waals surface area contributed by atoms with Crippen molar-refractivity contribution in [2.45, 2.75) is 4.90 Å². The van der Waals surface area contributed by atoms with Crippen LogP contribution in [0.2, 0.25) is 0 Å². The smallest absolute Gasteiger partial charge is 0.235 e. The molecule has 1 N–H and O–H groups in total. The van der Waals surface area contributed by atoms with Gasteiger partial charge in [0.2, 0.25) is 5.91 Å². The number of rotatable bonds is 4. The van der Waals surface area contributed by atoms with Gasteiger partial charge in [0.1, 0.15) is 11.5 Å². The zero-order chi connectivity index (χ0) is 12.2.